The van der Waals surface area contributed by atoms with Crippen molar-refractivity contribution < 1.29 is 4.74 Å². The van der Waals surface area contributed by atoms with Crippen LogP contribution in [-0.4, -0.2) is 17.2 Å². The maximum Gasteiger partial charge on any atom is 0.101 e. The first-order valence-corrected chi connectivity index (χ1v) is 4.90. The van der Waals surface area contributed by atoms with Crippen molar-refractivity contribution in [2.75, 3.05) is 0 Å². The van der Waals surface area contributed by atoms with Crippen molar-refractivity contribution in [2.24, 2.45) is 0 Å². The molecule has 2 heteroatoms. The summed E-state index contributed by atoms with van der Waals surface area (Å²) in [5, 5.41) is 3.61. The highest BCUT2D eigenvalue weighted by Crippen LogP contribution is 2.30. The third-order valence-corrected chi connectivity index (χ3v) is 2.44. The van der Waals surface area contributed by atoms with Crippen molar-refractivity contribution in [3.63, 3.8) is 0 Å². The molecular weight excluding hydrogens is 162 g/mol. The van der Waals surface area contributed by atoms with E-state index in [0.717, 1.165) is 12.8 Å². The van der Waals surface area contributed by atoms with Gasteiger partial charge in [0.2, 0.25) is 0 Å². The molecule has 1 aliphatic heterocycles. The van der Waals surface area contributed by atoms with Crippen LogP contribution >= 0.6 is 0 Å². The Kier molecular flexibility index (Phi) is 2.71. The highest BCUT2D eigenvalue weighted by molar-refractivity contribution is 4.97. The zero-order valence-electron chi connectivity index (χ0n) is 9.18. The molecule has 0 aromatic rings. The molecular formula is C11H21NO. The number of piperidine rings is 1. The van der Waals surface area contributed by atoms with Gasteiger partial charge in [0.05, 0.1) is 6.26 Å². The van der Waals surface area contributed by atoms with E-state index in [0.29, 0.717) is 6.10 Å². The van der Waals surface area contributed by atoms with Crippen LogP contribution in [0.4, 0.5) is 0 Å². The summed E-state index contributed by atoms with van der Waals surface area (Å²) < 4.78 is 5.48. The lowest BCUT2D eigenvalue weighted by atomic mass is 9.81. The molecule has 2 nitrogen and oxygen atoms in total. The normalized spacial score (nSPS) is 26.8. The van der Waals surface area contributed by atoms with Crippen LogP contribution in [-0.2, 0) is 4.74 Å². The lowest BCUT2D eigenvalue weighted by Gasteiger charge is -2.45. The van der Waals surface area contributed by atoms with Crippen LogP contribution < -0.4 is 5.32 Å². The molecule has 0 aromatic heterocycles. The number of ether oxygens (including phenoxy) is 1. The first-order chi connectivity index (χ1) is 5.85. The van der Waals surface area contributed by atoms with Gasteiger partial charge in [0, 0.05) is 23.9 Å². The van der Waals surface area contributed by atoms with Gasteiger partial charge >= 0.3 is 0 Å². The Bertz CT molecular complexity index is 180. The van der Waals surface area contributed by atoms with E-state index in [1.807, 2.05) is 0 Å². The van der Waals surface area contributed by atoms with E-state index in [-0.39, 0.29) is 11.1 Å². The molecule has 0 aliphatic carbocycles. The van der Waals surface area contributed by atoms with Crippen molar-refractivity contribution in [3.05, 3.63) is 12.8 Å². The van der Waals surface area contributed by atoms with Crippen LogP contribution in [0.25, 0.3) is 0 Å². The molecule has 1 aliphatic rings. The number of rotatable bonds is 2. The van der Waals surface area contributed by atoms with Gasteiger partial charge in [0.1, 0.15) is 6.10 Å². The summed E-state index contributed by atoms with van der Waals surface area (Å²) >= 11 is 0. The highest BCUT2D eigenvalue weighted by atomic mass is 16.5. The Hall–Kier alpha value is -0.500. The van der Waals surface area contributed by atoms with Crippen LogP contribution in [0.3, 0.4) is 0 Å². The zero-order chi connectivity index (χ0) is 10.1. The number of hydrogen-bond donors (Lipinski definition) is 1. The minimum atomic E-state index is 0.162. The van der Waals surface area contributed by atoms with E-state index in [1.54, 1.807) is 6.26 Å². The number of hydrogen-bond acceptors (Lipinski definition) is 2. The van der Waals surface area contributed by atoms with E-state index < -0.39 is 0 Å². The summed E-state index contributed by atoms with van der Waals surface area (Å²) in [4.78, 5) is 0. The third-order valence-electron chi connectivity index (χ3n) is 2.44. The first kappa shape index (κ1) is 10.6. The summed E-state index contributed by atoms with van der Waals surface area (Å²) in [6, 6.07) is 0. The second kappa shape index (κ2) is 3.33. The molecule has 0 amide bonds. The third kappa shape index (κ3) is 3.03. The molecule has 1 N–H and O–H groups in total. The molecule has 1 rings (SSSR count). The standard InChI is InChI=1S/C11H21NO/c1-6-13-9-7-10(2,3)12-11(4,5)8-9/h6,9,12H,1,7-8H2,2-5H3. The van der Waals surface area contributed by atoms with Gasteiger partial charge in [-0.3, -0.25) is 0 Å². The molecule has 0 spiro atoms. The molecule has 1 fully saturated rings. The van der Waals surface area contributed by atoms with Crippen molar-refractivity contribution in [2.45, 2.75) is 57.7 Å². The Morgan fingerprint density at radius 3 is 2.08 bits per heavy atom. The smallest absolute Gasteiger partial charge is 0.101 e. The molecule has 0 radical (unpaired) electrons. The van der Waals surface area contributed by atoms with Gasteiger partial charge in [-0.2, -0.15) is 0 Å². The first-order valence-electron chi connectivity index (χ1n) is 4.90. The van der Waals surface area contributed by atoms with E-state index in [1.165, 1.54) is 0 Å². The zero-order valence-corrected chi connectivity index (χ0v) is 9.18. The van der Waals surface area contributed by atoms with Crippen molar-refractivity contribution in [3.8, 4) is 0 Å². The van der Waals surface area contributed by atoms with E-state index >= 15 is 0 Å². The second-order valence-corrected chi connectivity index (χ2v) is 5.23. The fraction of sp³-hybridized carbons (Fsp3) is 0.818. The van der Waals surface area contributed by atoms with Gasteiger partial charge in [-0.25, -0.2) is 0 Å². The van der Waals surface area contributed by atoms with Crippen LogP contribution in [0.2, 0.25) is 0 Å². The Balaban J connectivity index is 2.66. The molecule has 0 atom stereocenters. The van der Waals surface area contributed by atoms with E-state index in [4.69, 9.17) is 4.74 Å². The van der Waals surface area contributed by atoms with E-state index in [9.17, 15) is 0 Å². The fourth-order valence-electron chi connectivity index (χ4n) is 2.46. The molecule has 1 saturated heterocycles. The van der Waals surface area contributed by atoms with Gasteiger partial charge in [-0.05, 0) is 27.7 Å². The van der Waals surface area contributed by atoms with Crippen LogP contribution in [0.15, 0.2) is 12.8 Å². The summed E-state index contributed by atoms with van der Waals surface area (Å²) in [5.74, 6) is 0. The summed E-state index contributed by atoms with van der Waals surface area (Å²) in [7, 11) is 0. The molecule has 0 saturated carbocycles. The molecule has 0 unspecified atom stereocenters. The minimum absolute atomic E-state index is 0.162. The van der Waals surface area contributed by atoms with Gasteiger partial charge < -0.3 is 10.1 Å². The van der Waals surface area contributed by atoms with Crippen LogP contribution in [0.5, 0.6) is 0 Å². The lowest BCUT2D eigenvalue weighted by Crippen LogP contribution is -2.59. The Morgan fingerprint density at radius 1 is 1.23 bits per heavy atom. The predicted molar refractivity (Wildman–Crippen MR) is 55.6 cm³/mol. The molecule has 0 aromatic carbocycles. The molecule has 76 valence electrons. The summed E-state index contributed by atoms with van der Waals surface area (Å²) in [6.07, 6.45) is 3.95. The Morgan fingerprint density at radius 2 is 1.69 bits per heavy atom. The predicted octanol–water partition coefficient (Wildman–Crippen LogP) is 2.46. The van der Waals surface area contributed by atoms with Crippen LogP contribution in [0.1, 0.15) is 40.5 Å². The molecule has 1 heterocycles. The monoisotopic (exact) mass is 183 g/mol. The average molecular weight is 183 g/mol. The maximum atomic E-state index is 5.48. The maximum absolute atomic E-state index is 5.48. The second-order valence-electron chi connectivity index (χ2n) is 5.23. The van der Waals surface area contributed by atoms with Gasteiger partial charge in [-0.1, -0.05) is 6.58 Å². The summed E-state index contributed by atoms with van der Waals surface area (Å²) in [5.41, 5.74) is 0.324. The average Bonchev–Trinajstić information content (AvgIpc) is 1.78. The quantitative estimate of drug-likeness (QED) is 0.664. The SMILES string of the molecule is C=COC1CC(C)(C)NC(C)(C)C1. The minimum Gasteiger partial charge on any atom is -0.499 e. The fourth-order valence-corrected chi connectivity index (χ4v) is 2.46. The lowest BCUT2D eigenvalue weighted by molar-refractivity contribution is 0.0280. The van der Waals surface area contributed by atoms with Crippen molar-refractivity contribution in [1.29, 1.82) is 0 Å². The van der Waals surface area contributed by atoms with Gasteiger partial charge in [-0.15, -0.1) is 0 Å². The Labute approximate surface area is 81.4 Å². The molecule has 13 heavy (non-hydrogen) atoms. The number of nitrogens with one attached hydrogen (secondary N) is 1. The van der Waals surface area contributed by atoms with Crippen molar-refractivity contribution in [1.82, 2.24) is 5.32 Å². The van der Waals surface area contributed by atoms with Gasteiger partial charge in [0.15, 0.2) is 0 Å². The van der Waals surface area contributed by atoms with Gasteiger partial charge in [0.25, 0.3) is 0 Å². The highest BCUT2D eigenvalue weighted by Gasteiger charge is 2.38. The van der Waals surface area contributed by atoms with Crippen molar-refractivity contribution >= 4 is 0 Å². The molecule has 0 bridgehead atoms. The van der Waals surface area contributed by atoms with Crippen LogP contribution in [0, 0.1) is 0 Å². The largest absolute Gasteiger partial charge is 0.499 e. The summed E-state index contributed by atoms with van der Waals surface area (Å²) in [6.45, 7) is 12.5. The van der Waals surface area contributed by atoms with E-state index in [2.05, 4.69) is 39.6 Å². The topological polar surface area (TPSA) is 21.3 Å².